The van der Waals surface area contributed by atoms with Gasteiger partial charge in [0.05, 0.1) is 18.9 Å². The second-order valence-electron chi connectivity index (χ2n) is 6.41. The molecule has 2 fully saturated rings. The van der Waals surface area contributed by atoms with Gasteiger partial charge in [0.15, 0.2) is 0 Å². The number of rotatable bonds is 6. The molecule has 22 heavy (non-hydrogen) atoms. The van der Waals surface area contributed by atoms with Crippen molar-refractivity contribution in [2.24, 2.45) is 5.73 Å². The maximum absolute atomic E-state index is 5.54. The molecule has 2 heterocycles. The molecule has 124 valence electrons. The van der Waals surface area contributed by atoms with Crippen molar-refractivity contribution < 1.29 is 4.74 Å². The first-order valence-corrected chi connectivity index (χ1v) is 8.63. The molecule has 4 N–H and O–H groups in total. The number of hydrogen-bond donors (Lipinski definition) is 3. The van der Waals surface area contributed by atoms with Crippen LogP contribution in [0.5, 0.6) is 0 Å². The molecule has 1 aromatic heterocycles. The molecule has 0 aromatic carbocycles. The van der Waals surface area contributed by atoms with E-state index in [4.69, 9.17) is 10.5 Å². The molecular formula is C16H29N5O. The van der Waals surface area contributed by atoms with Gasteiger partial charge in [0.1, 0.15) is 0 Å². The zero-order valence-electron chi connectivity index (χ0n) is 13.4. The van der Waals surface area contributed by atoms with Gasteiger partial charge >= 0.3 is 0 Å². The molecule has 1 saturated carbocycles. The van der Waals surface area contributed by atoms with E-state index in [1.165, 1.54) is 36.9 Å². The van der Waals surface area contributed by atoms with Crippen LogP contribution in [0.25, 0.3) is 0 Å². The van der Waals surface area contributed by atoms with E-state index in [1.807, 2.05) is 6.20 Å². The number of aromatic amines is 1. The SMILES string of the molecule is NCCNCc1c[nH]nc1C1CCC(N2CCOCC2)CC1. The van der Waals surface area contributed by atoms with E-state index in [2.05, 4.69) is 20.4 Å². The lowest BCUT2D eigenvalue weighted by molar-refractivity contribution is 0.00719. The van der Waals surface area contributed by atoms with E-state index in [0.717, 1.165) is 45.4 Å². The number of ether oxygens (including phenoxy) is 1. The first-order chi connectivity index (χ1) is 10.9. The van der Waals surface area contributed by atoms with Crippen molar-refractivity contribution >= 4 is 0 Å². The highest BCUT2D eigenvalue weighted by Gasteiger charge is 2.29. The Morgan fingerprint density at radius 1 is 1.27 bits per heavy atom. The number of H-pyrrole nitrogens is 1. The van der Waals surface area contributed by atoms with Crippen LogP contribution in [0, 0.1) is 0 Å². The van der Waals surface area contributed by atoms with Crippen molar-refractivity contribution in [2.75, 3.05) is 39.4 Å². The van der Waals surface area contributed by atoms with Crippen molar-refractivity contribution in [1.29, 1.82) is 0 Å². The highest BCUT2D eigenvalue weighted by atomic mass is 16.5. The molecule has 1 aliphatic carbocycles. The number of nitrogens with two attached hydrogens (primary N) is 1. The summed E-state index contributed by atoms with van der Waals surface area (Å²) in [6.45, 7) is 6.41. The van der Waals surface area contributed by atoms with Gasteiger partial charge in [0.2, 0.25) is 0 Å². The Balaban J connectivity index is 1.51. The number of nitrogens with zero attached hydrogens (tertiary/aromatic N) is 2. The molecule has 3 rings (SSSR count). The van der Waals surface area contributed by atoms with Crippen LogP contribution < -0.4 is 11.1 Å². The number of aromatic nitrogens is 2. The molecule has 1 aromatic rings. The Bertz CT molecular complexity index is 435. The van der Waals surface area contributed by atoms with Crippen LogP contribution in [-0.4, -0.2) is 60.5 Å². The third kappa shape index (κ3) is 3.87. The van der Waals surface area contributed by atoms with E-state index >= 15 is 0 Å². The fraction of sp³-hybridized carbons (Fsp3) is 0.812. The number of morpholine rings is 1. The fourth-order valence-electron chi connectivity index (χ4n) is 3.80. The second-order valence-corrected chi connectivity index (χ2v) is 6.41. The summed E-state index contributed by atoms with van der Waals surface area (Å²) in [6.07, 6.45) is 7.10. The topological polar surface area (TPSA) is 79.2 Å². The molecule has 6 heteroatoms. The molecule has 0 radical (unpaired) electrons. The molecule has 0 spiro atoms. The van der Waals surface area contributed by atoms with Crippen molar-refractivity contribution in [1.82, 2.24) is 20.4 Å². The van der Waals surface area contributed by atoms with Crippen molar-refractivity contribution in [3.05, 3.63) is 17.5 Å². The Labute approximate surface area is 132 Å². The summed E-state index contributed by atoms with van der Waals surface area (Å²) in [7, 11) is 0. The molecule has 0 amide bonds. The Morgan fingerprint density at radius 2 is 2.05 bits per heavy atom. The molecule has 2 aliphatic rings. The zero-order valence-corrected chi connectivity index (χ0v) is 13.4. The highest BCUT2D eigenvalue weighted by Crippen LogP contribution is 2.35. The predicted octanol–water partition coefficient (Wildman–Crippen LogP) is 0.816. The van der Waals surface area contributed by atoms with E-state index < -0.39 is 0 Å². The molecule has 0 bridgehead atoms. The Morgan fingerprint density at radius 3 is 2.77 bits per heavy atom. The fourth-order valence-corrected chi connectivity index (χ4v) is 3.80. The minimum absolute atomic E-state index is 0.609. The Hall–Kier alpha value is -0.950. The van der Waals surface area contributed by atoms with E-state index in [9.17, 15) is 0 Å². The molecule has 0 unspecified atom stereocenters. The van der Waals surface area contributed by atoms with Gasteiger partial charge in [-0.3, -0.25) is 10.00 Å². The summed E-state index contributed by atoms with van der Waals surface area (Å²) >= 11 is 0. The lowest BCUT2D eigenvalue weighted by Crippen LogP contribution is -2.44. The number of hydrogen-bond acceptors (Lipinski definition) is 5. The summed E-state index contributed by atoms with van der Waals surface area (Å²) in [6, 6.07) is 0.748. The maximum atomic E-state index is 5.54. The molecule has 1 saturated heterocycles. The van der Waals surface area contributed by atoms with Crippen LogP contribution in [0.3, 0.4) is 0 Å². The standard InChI is InChI=1S/C16H29N5O/c17-5-6-18-11-14-12-19-20-16(14)13-1-3-15(4-2-13)21-7-9-22-10-8-21/h12-13,15,18H,1-11,17H2,(H,19,20). The summed E-state index contributed by atoms with van der Waals surface area (Å²) in [5.74, 6) is 0.609. The minimum atomic E-state index is 0.609. The van der Waals surface area contributed by atoms with Crippen LogP contribution >= 0.6 is 0 Å². The first-order valence-electron chi connectivity index (χ1n) is 8.63. The summed E-state index contributed by atoms with van der Waals surface area (Å²) in [5.41, 5.74) is 8.11. The van der Waals surface area contributed by atoms with E-state index in [0.29, 0.717) is 12.5 Å². The summed E-state index contributed by atoms with van der Waals surface area (Å²) in [4.78, 5) is 2.62. The van der Waals surface area contributed by atoms with Gasteiger partial charge in [0, 0.05) is 56.4 Å². The summed E-state index contributed by atoms with van der Waals surface area (Å²) < 4.78 is 5.46. The zero-order chi connectivity index (χ0) is 15.2. The quantitative estimate of drug-likeness (QED) is 0.678. The molecule has 1 aliphatic heterocycles. The smallest absolute Gasteiger partial charge is 0.0697 e. The number of nitrogens with one attached hydrogen (secondary N) is 2. The molecular weight excluding hydrogens is 278 g/mol. The van der Waals surface area contributed by atoms with E-state index in [1.54, 1.807) is 0 Å². The van der Waals surface area contributed by atoms with Gasteiger partial charge < -0.3 is 15.8 Å². The van der Waals surface area contributed by atoms with Crippen LogP contribution in [0.1, 0.15) is 42.9 Å². The normalized spacial score (nSPS) is 27.1. The third-order valence-electron chi connectivity index (χ3n) is 5.03. The van der Waals surface area contributed by atoms with Crippen molar-refractivity contribution in [2.45, 2.75) is 44.2 Å². The monoisotopic (exact) mass is 307 g/mol. The highest BCUT2D eigenvalue weighted by molar-refractivity contribution is 5.21. The van der Waals surface area contributed by atoms with E-state index in [-0.39, 0.29) is 0 Å². The summed E-state index contributed by atoms with van der Waals surface area (Å²) in [5, 5.41) is 10.9. The van der Waals surface area contributed by atoms with Crippen molar-refractivity contribution in [3.8, 4) is 0 Å². The van der Waals surface area contributed by atoms with Crippen LogP contribution in [0.2, 0.25) is 0 Å². The van der Waals surface area contributed by atoms with Gasteiger partial charge in [-0.05, 0) is 25.7 Å². The average Bonchev–Trinajstić information content (AvgIpc) is 3.05. The average molecular weight is 307 g/mol. The Kier molecular flexibility index (Phi) is 5.83. The second kappa shape index (κ2) is 8.06. The van der Waals surface area contributed by atoms with Gasteiger partial charge in [-0.2, -0.15) is 5.10 Å². The lowest BCUT2D eigenvalue weighted by Gasteiger charge is -2.38. The van der Waals surface area contributed by atoms with Crippen LogP contribution in [-0.2, 0) is 11.3 Å². The minimum Gasteiger partial charge on any atom is -0.379 e. The maximum Gasteiger partial charge on any atom is 0.0697 e. The predicted molar refractivity (Wildman–Crippen MR) is 86.7 cm³/mol. The largest absolute Gasteiger partial charge is 0.379 e. The van der Waals surface area contributed by atoms with Gasteiger partial charge in [0.25, 0.3) is 0 Å². The lowest BCUT2D eigenvalue weighted by atomic mass is 9.82. The van der Waals surface area contributed by atoms with Gasteiger partial charge in [-0.15, -0.1) is 0 Å². The van der Waals surface area contributed by atoms with Gasteiger partial charge in [-0.1, -0.05) is 0 Å². The molecule has 6 nitrogen and oxygen atoms in total. The van der Waals surface area contributed by atoms with Crippen LogP contribution in [0.15, 0.2) is 6.20 Å². The third-order valence-corrected chi connectivity index (χ3v) is 5.03. The van der Waals surface area contributed by atoms with Crippen LogP contribution in [0.4, 0.5) is 0 Å². The first kappa shape index (κ1) is 15.9. The molecule has 0 atom stereocenters. The van der Waals surface area contributed by atoms with Crippen molar-refractivity contribution in [3.63, 3.8) is 0 Å². The van der Waals surface area contributed by atoms with Gasteiger partial charge in [-0.25, -0.2) is 0 Å².